The number of nitrogens with zero attached hydrogens (tertiary/aromatic N) is 2. The number of hydrogen-bond acceptors (Lipinski definition) is 4. The maximum atomic E-state index is 10.8. The van der Waals surface area contributed by atoms with E-state index in [2.05, 4.69) is 4.98 Å². The van der Waals surface area contributed by atoms with Gasteiger partial charge in [0.25, 0.3) is 0 Å². The summed E-state index contributed by atoms with van der Waals surface area (Å²) >= 11 is -0.740. The first-order valence-electron chi connectivity index (χ1n) is 6.13. The van der Waals surface area contributed by atoms with Gasteiger partial charge in [-0.15, -0.1) is 0 Å². The van der Waals surface area contributed by atoms with Gasteiger partial charge < -0.3 is 0 Å². The zero-order chi connectivity index (χ0) is 13.2. The molecule has 0 bridgehead atoms. The van der Waals surface area contributed by atoms with Crippen LogP contribution in [0.5, 0.6) is 0 Å². The van der Waals surface area contributed by atoms with Gasteiger partial charge in [-0.3, -0.25) is 0 Å². The van der Waals surface area contributed by atoms with Crippen molar-refractivity contribution in [3.05, 3.63) is 43.7 Å². The predicted molar refractivity (Wildman–Crippen MR) is 71.9 cm³/mol. The van der Waals surface area contributed by atoms with Gasteiger partial charge in [-0.25, -0.2) is 0 Å². The fourth-order valence-electron chi connectivity index (χ4n) is 2.17. The Balaban J connectivity index is 2.21. The molecule has 1 heterocycles. The van der Waals surface area contributed by atoms with Crippen molar-refractivity contribution in [2.75, 3.05) is 0 Å². The molecular weight excluding hydrogens is 360 g/mol. The van der Waals surface area contributed by atoms with Gasteiger partial charge in [-0.2, -0.15) is 0 Å². The fraction of sp³-hybridized carbons (Fsp3) is 0.308. The number of fused-ring (bicyclic) bond motifs is 2. The summed E-state index contributed by atoms with van der Waals surface area (Å²) in [5.41, 5.74) is 2.61. The quantitative estimate of drug-likeness (QED) is 0.439. The number of nitro benzene ring substituents is 1. The monoisotopic (exact) mass is 374 g/mol. The summed E-state index contributed by atoms with van der Waals surface area (Å²) in [7, 11) is 0. The second-order valence-corrected chi connectivity index (χ2v) is 6.85. The molecule has 0 unspecified atom stereocenters. The van der Waals surface area contributed by atoms with E-state index in [1.807, 2.05) is 6.20 Å². The third kappa shape index (κ3) is 2.65. The van der Waals surface area contributed by atoms with Crippen LogP contribution in [0.4, 0.5) is 5.69 Å². The molecule has 0 saturated carbocycles. The number of hydrogen-bond donors (Lipinski definition) is 0. The van der Waals surface area contributed by atoms with Crippen molar-refractivity contribution in [1.29, 1.82) is 0 Å². The van der Waals surface area contributed by atoms with Crippen LogP contribution in [0, 0.1) is 10.1 Å². The molecule has 0 amide bonds. The molecule has 1 aliphatic rings. The van der Waals surface area contributed by atoms with Crippen molar-refractivity contribution >= 4 is 37.7 Å². The summed E-state index contributed by atoms with van der Waals surface area (Å²) in [6, 6.07) is 4.61. The van der Waals surface area contributed by atoms with E-state index in [9.17, 15) is 10.1 Å². The molecule has 0 spiro atoms. The summed E-state index contributed by atoms with van der Waals surface area (Å²) < 4.78 is 7.24. The Hall–Kier alpha value is -1.38. The number of nitro groups is 1. The summed E-state index contributed by atoms with van der Waals surface area (Å²) in [4.78, 5) is 14.8. The first-order chi connectivity index (χ1) is 9.24. The molecule has 0 aliphatic heterocycles. The molecule has 0 fully saturated rings. The zero-order valence-corrected chi connectivity index (χ0v) is 12.5. The van der Waals surface area contributed by atoms with Gasteiger partial charge in [0.2, 0.25) is 0 Å². The molecule has 2 aromatic rings. The second-order valence-electron chi connectivity index (χ2n) is 4.49. The molecule has 1 aromatic heterocycles. The Labute approximate surface area is 119 Å². The van der Waals surface area contributed by atoms with E-state index in [1.165, 1.54) is 34.1 Å². The average molecular weight is 372 g/mol. The molecule has 0 N–H and O–H groups in total. The first kappa shape index (κ1) is 12.6. The van der Waals surface area contributed by atoms with Crippen molar-refractivity contribution in [3.8, 4) is 0 Å². The van der Waals surface area contributed by atoms with Crippen molar-refractivity contribution in [3.63, 3.8) is 0 Å². The molecule has 0 radical (unpaired) electrons. The van der Waals surface area contributed by atoms with Crippen molar-refractivity contribution in [2.45, 2.75) is 25.7 Å². The van der Waals surface area contributed by atoms with Crippen molar-refractivity contribution < 1.29 is 7.68 Å². The molecule has 0 saturated heterocycles. The molecule has 19 heavy (non-hydrogen) atoms. The van der Waals surface area contributed by atoms with E-state index in [1.54, 1.807) is 6.07 Å². The predicted octanol–water partition coefficient (Wildman–Crippen LogP) is 2.80. The third-order valence-electron chi connectivity index (χ3n) is 3.20. The van der Waals surface area contributed by atoms with Gasteiger partial charge in [0.05, 0.1) is 0 Å². The Bertz CT molecular complexity index is 688. The van der Waals surface area contributed by atoms with Crippen LogP contribution in [-0.2, 0) is 12.8 Å². The van der Waals surface area contributed by atoms with Crippen LogP contribution in [0.15, 0.2) is 27.2 Å². The molecule has 5 nitrogen and oxygen atoms in total. The molecule has 1 aromatic carbocycles. The third-order valence-corrected chi connectivity index (χ3v) is 5.86. The van der Waals surface area contributed by atoms with E-state index >= 15 is 0 Å². The minimum atomic E-state index is -0.740. The van der Waals surface area contributed by atoms with Gasteiger partial charge in [0, 0.05) is 0 Å². The van der Waals surface area contributed by atoms with Crippen molar-refractivity contribution in [1.82, 2.24) is 4.98 Å². The van der Waals surface area contributed by atoms with E-state index in [0.717, 1.165) is 12.8 Å². The number of rotatable bonds is 1. The second kappa shape index (κ2) is 5.32. The number of benzene rings is 1. The normalized spacial score (nSPS) is 13.9. The SMILES string of the molecule is O=[N+]([O-])c1ccc2ncc3c([te]oc2c1)CCCC3. The Morgan fingerprint density at radius 1 is 1.32 bits per heavy atom. The Morgan fingerprint density at radius 2 is 2.16 bits per heavy atom. The van der Waals surface area contributed by atoms with E-state index in [-0.39, 0.29) is 5.69 Å². The number of non-ortho nitro benzene ring substituents is 1. The van der Waals surface area contributed by atoms with E-state index in [4.69, 9.17) is 2.76 Å². The van der Waals surface area contributed by atoms with Crippen LogP contribution in [0.1, 0.15) is 22.0 Å². The van der Waals surface area contributed by atoms with Crippen LogP contribution < -0.4 is 0 Å². The standard InChI is InChI=1S/C13H12N2O3Te/c16-15(17)10-5-6-11-12(7-10)18-19-13-4-2-1-3-9(13)8-14-11/h5-8H,1-4H2. The molecule has 0 atom stereocenters. The topological polar surface area (TPSA) is 69.2 Å². The van der Waals surface area contributed by atoms with E-state index < -0.39 is 25.8 Å². The number of aryl methyl sites for hydroxylation is 2. The van der Waals surface area contributed by atoms with Crippen LogP contribution in [0.3, 0.4) is 0 Å². The summed E-state index contributed by atoms with van der Waals surface area (Å²) in [5, 5.41) is 10.8. The Kier molecular flexibility index (Phi) is 3.54. The summed E-state index contributed by atoms with van der Waals surface area (Å²) in [6.07, 6.45) is 6.52. The molecular formula is C13H12N2O3Te. The fourth-order valence-corrected chi connectivity index (χ4v) is 4.49. The maximum absolute atomic E-state index is 10.8. The summed E-state index contributed by atoms with van der Waals surface area (Å²) in [6.45, 7) is 0. The molecule has 3 rings (SSSR count). The first-order valence-corrected chi connectivity index (χ1v) is 8.25. The zero-order valence-electron chi connectivity index (χ0n) is 10.2. The van der Waals surface area contributed by atoms with Gasteiger partial charge in [0.1, 0.15) is 0 Å². The van der Waals surface area contributed by atoms with Gasteiger partial charge >= 0.3 is 120 Å². The molecule has 6 heteroatoms. The van der Waals surface area contributed by atoms with E-state index in [0.29, 0.717) is 11.1 Å². The van der Waals surface area contributed by atoms with Crippen molar-refractivity contribution in [2.24, 2.45) is 0 Å². The van der Waals surface area contributed by atoms with Gasteiger partial charge in [0.15, 0.2) is 0 Å². The number of aromatic nitrogens is 1. The molecule has 1 aliphatic carbocycles. The van der Waals surface area contributed by atoms with Crippen LogP contribution in [0.25, 0.3) is 11.1 Å². The van der Waals surface area contributed by atoms with Gasteiger partial charge in [-0.05, 0) is 0 Å². The van der Waals surface area contributed by atoms with Crippen LogP contribution in [0.2, 0.25) is 0 Å². The Morgan fingerprint density at radius 3 is 3.00 bits per heavy atom. The van der Waals surface area contributed by atoms with Crippen LogP contribution in [-0.4, -0.2) is 30.8 Å². The molecule has 98 valence electrons. The minimum absolute atomic E-state index is 0.0554. The summed E-state index contributed by atoms with van der Waals surface area (Å²) in [5.74, 6) is 0. The van der Waals surface area contributed by atoms with Crippen LogP contribution >= 0.6 is 0 Å². The average Bonchev–Trinajstić information content (AvgIpc) is 2.41. The van der Waals surface area contributed by atoms with Gasteiger partial charge in [-0.1, -0.05) is 0 Å².